The lowest BCUT2D eigenvalue weighted by Gasteiger charge is -2.31. The van der Waals surface area contributed by atoms with Gasteiger partial charge in [0.05, 0.1) is 13.0 Å². The molecule has 4 nitrogen and oxygen atoms in total. The standard InChI is InChI=1S/C16H20BrNO3/c1-21-16(20)13-5-3-9-18(11-13)15(19)8-7-12-4-2-6-14(17)10-12/h2,4,6,10,13H,3,5,7-9,11H2,1H3. The molecule has 0 bridgehead atoms. The van der Waals surface area contributed by atoms with Crippen molar-refractivity contribution in [2.24, 2.45) is 5.92 Å². The lowest BCUT2D eigenvalue weighted by atomic mass is 9.97. The summed E-state index contributed by atoms with van der Waals surface area (Å²) in [5.41, 5.74) is 1.14. The second-order valence-electron chi connectivity index (χ2n) is 5.33. The van der Waals surface area contributed by atoms with Gasteiger partial charge in [-0.1, -0.05) is 28.1 Å². The van der Waals surface area contributed by atoms with E-state index < -0.39 is 0 Å². The normalized spacial score (nSPS) is 18.4. The second kappa shape index (κ2) is 7.59. The molecule has 0 saturated carbocycles. The number of amides is 1. The van der Waals surface area contributed by atoms with Crippen molar-refractivity contribution in [3.8, 4) is 0 Å². The molecule has 1 amide bonds. The van der Waals surface area contributed by atoms with Gasteiger partial charge in [-0.15, -0.1) is 0 Å². The fourth-order valence-electron chi connectivity index (χ4n) is 2.66. The highest BCUT2D eigenvalue weighted by Gasteiger charge is 2.28. The summed E-state index contributed by atoms with van der Waals surface area (Å²) in [6.07, 6.45) is 2.87. The van der Waals surface area contributed by atoms with Crippen LogP contribution in [0.1, 0.15) is 24.8 Å². The van der Waals surface area contributed by atoms with Crippen molar-refractivity contribution in [3.63, 3.8) is 0 Å². The predicted octanol–water partition coefficient (Wildman–Crippen LogP) is 2.79. The minimum absolute atomic E-state index is 0.114. The summed E-state index contributed by atoms with van der Waals surface area (Å²) in [4.78, 5) is 25.7. The van der Waals surface area contributed by atoms with E-state index in [0.29, 0.717) is 13.0 Å². The number of aryl methyl sites for hydroxylation is 1. The third kappa shape index (κ3) is 4.56. The Labute approximate surface area is 133 Å². The summed E-state index contributed by atoms with van der Waals surface area (Å²) < 4.78 is 5.80. The molecule has 2 rings (SSSR count). The zero-order valence-corrected chi connectivity index (χ0v) is 13.8. The zero-order valence-electron chi connectivity index (χ0n) is 12.2. The highest BCUT2D eigenvalue weighted by atomic mass is 79.9. The van der Waals surface area contributed by atoms with E-state index in [4.69, 9.17) is 4.74 Å². The molecule has 0 aliphatic carbocycles. The topological polar surface area (TPSA) is 46.6 Å². The molecule has 0 spiro atoms. The van der Waals surface area contributed by atoms with E-state index in [2.05, 4.69) is 15.9 Å². The lowest BCUT2D eigenvalue weighted by molar-refractivity contribution is -0.149. The molecule has 1 saturated heterocycles. The molecule has 1 aliphatic rings. The van der Waals surface area contributed by atoms with Crippen LogP contribution in [0, 0.1) is 5.92 Å². The van der Waals surface area contributed by atoms with Gasteiger partial charge in [-0.2, -0.15) is 0 Å². The minimum Gasteiger partial charge on any atom is -0.469 e. The lowest BCUT2D eigenvalue weighted by Crippen LogP contribution is -2.42. The van der Waals surface area contributed by atoms with Gasteiger partial charge in [0.2, 0.25) is 5.91 Å². The molecule has 21 heavy (non-hydrogen) atoms. The predicted molar refractivity (Wildman–Crippen MR) is 83.8 cm³/mol. The summed E-state index contributed by atoms with van der Waals surface area (Å²) in [7, 11) is 1.40. The molecule has 1 aromatic carbocycles. The number of carbonyl (C=O) groups excluding carboxylic acids is 2. The molecule has 1 heterocycles. The van der Waals surface area contributed by atoms with Crippen LogP contribution < -0.4 is 0 Å². The number of likely N-dealkylation sites (tertiary alicyclic amines) is 1. The molecule has 1 aliphatic heterocycles. The number of hydrogen-bond acceptors (Lipinski definition) is 3. The van der Waals surface area contributed by atoms with Crippen molar-refractivity contribution in [1.29, 1.82) is 0 Å². The molecule has 114 valence electrons. The first-order chi connectivity index (χ1) is 10.1. The van der Waals surface area contributed by atoms with E-state index in [1.54, 1.807) is 4.90 Å². The summed E-state index contributed by atoms with van der Waals surface area (Å²) in [5, 5.41) is 0. The fraction of sp³-hybridized carbons (Fsp3) is 0.500. The fourth-order valence-corrected chi connectivity index (χ4v) is 3.11. The second-order valence-corrected chi connectivity index (χ2v) is 6.25. The van der Waals surface area contributed by atoms with Crippen LogP contribution in [0.2, 0.25) is 0 Å². The van der Waals surface area contributed by atoms with Gasteiger partial charge in [-0.3, -0.25) is 9.59 Å². The Morgan fingerprint density at radius 2 is 2.24 bits per heavy atom. The van der Waals surface area contributed by atoms with E-state index >= 15 is 0 Å². The molecule has 0 radical (unpaired) electrons. The third-order valence-electron chi connectivity index (χ3n) is 3.83. The maximum Gasteiger partial charge on any atom is 0.310 e. The monoisotopic (exact) mass is 353 g/mol. The molecule has 0 N–H and O–H groups in total. The van der Waals surface area contributed by atoms with Gasteiger partial charge in [0, 0.05) is 24.0 Å². The number of carbonyl (C=O) groups is 2. The third-order valence-corrected chi connectivity index (χ3v) is 4.32. The summed E-state index contributed by atoms with van der Waals surface area (Å²) in [6.45, 7) is 1.23. The van der Waals surface area contributed by atoms with Crippen LogP contribution in [0.3, 0.4) is 0 Å². The van der Waals surface area contributed by atoms with E-state index in [9.17, 15) is 9.59 Å². The number of rotatable bonds is 4. The molecule has 1 aromatic rings. The Kier molecular flexibility index (Phi) is 5.79. The number of nitrogens with zero attached hydrogens (tertiary/aromatic N) is 1. The van der Waals surface area contributed by atoms with Crippen molar-refractivity contribution >= 4 is 27.8 Å². The van der Waals surface area contributed by atoms with Crippen molar-refractivity contribution in [1.82, 2.24) is 4.90 Å². The van der Waals surface area contributed by atoms with Gasteiger partial charge in [0.25, 0.3) is 0 Å². The van der Waals surface area contributed by atoms with Crippen molar-refractivity contribution in [2.75, 3.05) is 20.2 Å². The number of hydrogen-bond donors (Lipinski definition) is 0. The Balaban J connectivity index is 1.86. The van der Waals surface area contributed by atoms with Crippen molar-refractivity contribution < 1.29 is 14.3 Å². The average Bonchev–Trinajstić information content (AvgIpc) is 2.52. The average molecular weight is 354 g/mol. The van der Waals surface area contributed by atoms with Crippen molar-refractivity contribution in [2.45, 2.75) is 25.7 Å². The van der Waals surface area contributed by atoms with Crippen LogP contribution in [0.4, 0.5) is 0 Å². The van der Waals surface area contributed by atoms with Crippen LogP contribution >= 0.6 is 15.9 Å². The number of benzene rings is 1. The Morgan fingerprint density at radius 1 is 1.43 bits per heavy atom. The highest BCUT2D eigenvalue weighted by molar-refractivity contribution is 9.10. The van der Waals surface area contributed by atoms with Gasteiger partial charge in [0.1, 0.15) is 0 Å². The van der Waals surface area contributed by atoms with Gasteiger partial charge in [0.15, 0.2) is 0 Å². The van der Waals surface area contributed by atoms with Gasteiger partial charge < -0.3 is 9.64 Å². The van der Waals surface area contributed by atoms with E-state index in [1.807, 2.05) is 24.3 Å². The first kappa shape index (κ1) is 16.0. The van der Waals surface area contributed by atoms with E-state index in [0.717, 1.165) is 35.8 Å². The molecule has 5 heteroatoms. The maximum absolute atomic E-state index is 12.3. The summed E-state index contributed by atoms with van der Waals surface area (Å²) in [6, 6.07) is 7.99. The van der Waals surface area contributed by atoms with Gasteiger partial charge in [-0.25, -0.2) is 0 Å². The van der Waals surface area contributed by atoms with Gasteiger partial charge in [-0.05, 0) is 37.0 Å². The van der Waals surface area contributed by atoms with Crippen LogP contribution in [0.5, 0.6) is 0 Å². The number of halogens is 1. The van der Waals surface area contributed by atoms with Gasteiger partial charge >= 0.3 is 5.97 Å². The first-order valence-electron chi connectivity index (χ1n) is 7.20. The number of ether oxygens (including phenoxy) is 1. The van der Waals surface area contributed by atoms with Crippen LogP contribution in [-0.4, -0.2) is 37.0 Å². The van der Waals surface area contributed by atoms with Crippen LogP contribution in [0.15, 0.2) is 28.7 Å². The van der Waals surface area contributed by atoms with Crippen molar-refractivity contribution in [3.05, 3.63) is 34.3 Å². The number of methoxy groups -OCH3 is 1. The molecule has 0 aromatic heterocycles. The largest absolute Gasteiger partial charge is 0.469 e. The van der Waals surface area contributed by atoms with Crippen LogP contribution in [0.25, 0.3) is 0 Å². The van der Waals surface area contributed by atoms with E-state index in [-0.39, 0.29) is 17.8 Å². The minimum atomic E-state index is -0.209. The Morgan fingerprint density at radius 3 is 2.95 bits per heavy atom. The zero-order chi connectivity index (χ0) is 15.2. The smallest absolute Gasteiger partial charge is 0.310 e. The molecular formula is C16H20BrNO3. The number of esters is 1. The molecular weight excluding hydrogens is 334 g/mol. The number of piperidine rings is 1. The molecule has 1 unspecified atom stereocenters. The Bertz CT molecular complexity index is 518. The highest BCUT2D eigenvalue weighted by Crippen LogP contribution is 2.19. The SMILES string of the molecule is COC(=O)C1CCCN(C(=O)CCc2cccc(Br)c2)C1. The Hall–Kier alpha value is -1.36. The maximum atomic E-state index is 12.3. The summed E-state index contributed by atoms with van der Waals surface area (Å²) in [5.74, 6) is -0.262. The van der Waals surface area contributed by atoms with Crippen LogP contribution in [-0.2, 0) is 20.7 Å². The first-order valence-corrected chi connectivity index (χ1v) is 7.99. The summed E-state index contributed by atoms with van der Waals surface area (Å²) >= 11 is 3.43. The van der Waals surface area contributed by atoms with E-state index in [1.165, 1.54) is 7.11 Å². The molecule has 1 atom stereocenters. The molecule has 1 fully saturated rings. The quantitative estimate of drug-likeness (QED) is 0.782.